The van der Waals surface area contributed by atoms with Crippen LogP contribution in [-0.2, 0) is 9.59 Å². The van der Waals surface area contributed by atoms with E-state index in [1.54, 1.807) is 17.5 Å². The standard InChI is InChI=1S/C19H24N4O3S/c1-23(2)13-15(14-7-4-3-5-8-14)22-18(25)12-20-17(24)11-21-19(26)16-9-6-10-27-16/h3-10,15H,11-13H2,1-2H3,(H,20,24)(H,21,26)(H,22,25)/t15-/m0/s1. The van der Waals surface area contributed by atoms with Crippen molar-refractivity contribution in [1.82, 2.24) is 20.9 Å². The van der Waals surface area contributed by atoms with Gasteiger partial charge in [-0.15, -0.1) is 11.3 Å². The van der Waals surface area contributed by atoms with E-state index in [0.717, 1.165) is 5.56 Å². The van der Waals surface area contributed by atoms with Gasteiger partial charge in [0.25, 0.3) is 5.91 Å². The predicted octanol–water partition coefficient (Wildman–Crippen LogP) is 1.01. The van der Waals surface area contributed by atoms with Crippen molar-refractivity contribution in [2.45, 2.75) is 6.04 Å². The van der Waals surface area contributed by atoms with Crippen molar-refractivity contribution in [2.75, 3.05) is 33.7 Å². The maximum atomic E-state index is 12.2. The second-order valence-electron chi connectivity index (χ2n) is 6.23. The molecule has 3 amide bonds. The van der Waals surface area contributed by atoms with E-state index >= 15 is 0 Å². The van der Waals surface area contributed by atoms with E-state index in [1.165, 1.54) is 11.3 Å². The molecular weight excluding hydrogens is 364 g/mol. The number of carbonyl (C=O) groups excluding carboxylic acids is 3. The molecular formula is C19H24N4O3S. The molecule has 144 valence electrons. The SMILES string of the molecule is CN(C)C[C@H](NC(=O)CNC(=O)CNC(=O)c1cccs1)c1ccccc1. The summed E-state index contributed by atoms with van der Waals surface area (Å²) in [5, 5.41) is 9.75. The first-order chi connectivity index (χ1) is 13.0. The molecule has 27 heavy (non-hydrogen) atoms. The van der Waals surface area contributed by atoms with Crippen LogP contribution >= 0.6 is 11.3 Å². The van der Waals surface area contributed by atoms with Crippen LogP contribution in [0.4, 0.5) is 0 Å². The smallest absolute Gasteiger partial charge is 0.261 e. The molecule has 0 aliphatic carbocycles. The maximum absolute atomic E-state index is 12.2. The third-order valence-electron chi connectivity index (χ3n) is 3.69. The molecule has 1 aromatic heterocycles. The van der Waals surface area contributed by atoms with Crippen LogP contribution in [0.5, 0.6) is 0 Å². The third-order valence-corrected chi connectivity index (χ3v) is 4.55. The van der Waals surface area contributed by atoms with Crippen molar-refractivity contribution in [2.24, 2.45) is 0 Å². The molecule has 0 fully saturated rings. The van der Waals surface area contributed by atoms with Gasteiger partial charge in [-0.2, -0.15) is 0 Å². The van der Waals surface area contributed by atoms with E-state index < -0.39 is 5.91 Å². The Morgan fingerprint density at radius 3 is 2.30 bits per heavy atom. The topological polar surface area (TPSA) is 90.5 Å². The second kappa shape index (κ2) is 10.4. The molecule has 2 aromatic rings. The van der Waals surface area contributed by atoms with E-state index in [0.29, 0.717) is 11.4 Å². The highest BCUT2D eigenvalue weighted by molar-refractivity contribution is 7.12. The zero-order chi connectivity index (χ0) is 19.6. The first-order valence-corrected chi connectivity index (χ1v) is 9.41. The Balaban J connectivity index is 1.77. The molecule has 0 aliphatic heterocycles. The molecule has 7 nitrogen and oxygen atoms in total. The van der Waals surface area contributed by atoms with Crippen molar-refractivity contribution >= 4 is 29.1 Å². The van der Waals surface area contributed by atoms with Gasteiger partial charge in [0.1, 0.15) is 0 Å². The van der Waals surface area contributed by atoms with Crippen molar-refractivity contribution < 1.29 is 14.4 Å². The Morgan fingerprint density at radius 2 is 1.67 bits per heavy atom. The summed E-state index contributed by atoms with van der Waals surface area (Å²) in [6, 6.07) is 12.9. The number of benzene rings is 1. The van der Waals surface area contributed by atoms with Gasteiger partial charge in [0.2, 0.25) is 11.8 Å². The van der Waals surface area contributed by atoms with Crippen LogP contribution in [0.15, 0.2) is 47.8 Å². The van der Waals surface area contributed by atoms with E-state index in [2.05, 4.69) is 16.0 Å². The van der Waals surface area contributed by atoms with Crippen LogP contribution < -0.4 is 16.0 Å². The number of thiophene rings is 1. The lowest BCUT2D eigenvalue weighted by atomic mass is 10.1. The van der Waals surface area contributed by atoms with E-state index in [-0.39, 0.29) is 30.9 Å². The molecule has 8 heteroatoms. The highest BCUT2D eigenvalue weighted by atomic mass is 32.1. The fraction of sp³-hybridized carbons (Fsp3) is 0.316. The van der Waals surface area contributed by atoms with Crippen molar-refractivity contribution in [3.63, 3.8) is 0 Å². The zero-order valence-electron chi connectivity index (χ0n) is 15.4. The molecule has 1 atom stereocenters. The average Bonchev–Trinajstić information content (AvgIpc) is 3.19. The van der Waals surface area contributed by atoms with Crippen molar-refractivity contribution in [1.29, 1.82) is 0 Å². The van der Waals surface area contributed by atoms with Gasteiger partial charge in [0.05, 0.1) is 24.0 Å². The van der Waals surface area contributed by atoms with Gasteiger partial charge < -0.3 is 20.9 Å². The molecule has 0 aliphatic rings. The number of hydrogen-bond acceptors (Lipinski definition) is 5. The maximum Gasteiger partial charge on any atom is 0.261 e. The molecule has 0 radical (unpaired) electrons. The molecule has 2 rings (SSSR count). The normalized spacial score (nSPS) is 11.7. The van der Waals surface area contributed by atoms with Gasteiger partial charge >= 0.3 is 0 Å². The molecule has 0 unspecified atom stereocenters. The van der Waals surface area contributed by atoms with Crippen LogP contribution in [0.25, 0.3) is 0 Å². The first-order valence-electron chi connectivity index (χ1n) is 8.53. The molecule has 0 spiro atoms. The van der Waals surface area contributed by atoms with Gasteiger partial charge in [-0.25, -0.2) is 0 Å². The highest BCUT2D eigenvalue weighted by Crippen LogP contribution is 2.13. The number of likely N-dealkylation sites (N-methyl/N-ethyl adjacent to an activating group) is 1. The van der Waals surface area contributed by atoms with Gasteiger partial charge in [-0.3, -0.25) is 14.4 Å². The van der Waals surface area contributed by atoms with Gasteiger partial charge in [0, 0.05) is 6.54 Å². The summed E-state index contributed by atoms with van der Waals surface area (Å²) < 4.78 is 0. The Hall–Kier alpha value is -2.71. The minimum atomic E-state index is -0.418. The zero-order valence-corrected chi connectivity index (χ0v) is 16.2. The number of hydrogen-bond donors (Lipinski definition) is 3. The summed E-state index contributed by atoms with van der Waals surface area (Å²) in [6.45, 7) is 0.314. The second-order valence-corrected chi connectivity index (χ2v) is 7.18. The number of carbonyl (C=O) groups is 3. The summed E-state index contributed by atoms with van der Waals surface area (Å²) in [7, 11) is 3.86. The molecule has 3 N–H and O–H groups in total. The number of amides is 3. The Labute approximate surface area is 162 Å². The lowest BCUT2D eigenvalue weighted by Gasteiger charge is -2.23. The van der Waals surface area contributed by atoms with Gasteiger partial charge in [0.15, 0.2) is 0 Å². The third kappa shape index (κ3) is 7.20. The number of nitrogens with one attached hydrogen (secondary N) is 3. The quantitative estimate of drug-likeness (QED) is 0.598. The van der Waals surface area contributed by atoms with E-state index in [1.807, 2.05) is 49.3 Å². The minimum Gasteiger partial charge on any atom is -0.346 e. The largest absolute Gasteiger partial charge is 0.346 e. The average molecular weight is 388 g/mol. The lowest BCUT2D eigenvalue weighted by Crippen LogP contribution is -2.44. The van der Waals surface area contributed by atoms with Crippen molar-refractivity contribution in [3.8, 4) is 0 Å². The lowest BCUT2D eigenvalue weighted by molar-refractivity contribution is -0.126. The van der Waals surface area contributed by atoms with Gasteiger partial charge in [-0.05, 0) is 31.1 Å². The summed E-state index contributed by atoms with van der Waals surface area (Å²) in [5.41, 5.74) is 0.995. The fourth-order valence-corrected chi connectivity index (χ4v) is 3.07. The molecule has 1 aromatic carbocycles. The van der Waals surface area contributed by atoms with E-state index in [9.17, 15) is 14.4 Å². The van der Waals surface area contributed by atoms with Crippen LogP contribution in [0.2, 0.25) is 0 Å². The van der Waals surface area contributed by atoms with Gasteiger partial charge in [-0.1, -0.05) is 36.4 Å². The van der Waals surface area contributed by atoms with Crippen LogP contribution in [0, 0.1) is 0 Å². The number of rotatable bonds is 9. The fourth-order valence-electron chi connectivity index (χ4n) is 2.43. The molecule has 0 saturated heterocycles. The summed E-state index contributed by atoms with van der Waals surface area (Å²) >= 11 is 1.30. The summed E-state index contributed by atoms with van der Waals surface area (Å²) in [5.74, 6) is -1.01. The summed E-state index contributed by atoms with van der Waals surface area (Å²) in [4.78, 5) is 38.4. The Morgan fingerprint density at radius 1 is 0.963 bits per heavy atom. The van der Waals surface area contributed by atoms with E-state index in [4.69, 9.17) is 0 Å². The minimum absolute atomic E-state index is 0.148. The molecule has 0 bridgehead atoms. The summed E-state index contributed by atoms with van der Waals surface area (Å²) in [6.07, 6.45) is 0. The van der Waals surface area contributed by atoms with Crippen LogP contribution in [0.3, 0.4) is 0 Å². The van der Waals surface area contributed by atoms with Crippen molar-refractivity contribution in [3.05, 3.63) is 58.3 Å². The highest BCUT2D eigenvalue weighted by Gasteiger charge is 2.16. The molecule has 0 saturated carbocycles. The van der Waals surface area contributed by atoms with Crippen LogP contribution in [-0.4, -0.2) is 56.4 Å². The number of nitrogens with zero attached hydrogens (tertiary/aromatic N) is 1. The molecule has 1 heterocycles. The Kier molecular flexibility index (Phi) is 7.97. The van der Waals surface area contributed by atoms with Crippen LogP contribution in [0.1, 0.15) is 21.3 Å². The monoisotopic (exact) mass is 388 g/mol. The first kappa shape index (κ1) is 20.6. The predicted molar refractivity (Wildman–Crippen MR) is 106 cm³/mol. The Bertz CT molecular complexity index is 748.